The molecule has 1 aliphatic carbocycles. The van der Waals surface area contributed by atoms with Crippen LogP contribution in [0.1, 0.15) is 90.9 Å². The Balaban J connectivity index is 1.98. The van der Waals surface area contributed by atoms with Crippen LogP contribution in [-0.4, -0.2) is 12.6 Å². The quantitative estimate of drug-likeness (QED) is 0.264. The highest BCUT2D eigenvalue weighted by Gasteiger charge is 2.22. The largest absolute Gasteiger partial charge is 0.462 e. The van der Waals surface area contributed by atoms with E-state index in [1.165, 1.54) is 77.0 Å². The molecule has 1 fully saturated rings. The highest BCUT2D eigenvalue weighted by Crippen LogP contribution is 2.32. The van der Waals surface area contributed by atoms with Gasteiger partial charge in [0.15, 0.2) is 0 Å². The molecule has 0 aromatic carbocycles. The van der Waals surface area contributed by atoms with E-state index in [4.69, 9.17) is 4.74 Å². The number of hydrogen-bond donors (Lipinski definition) is 0. The number of rotatable bonds is 11. The second kappa shape index (κ2) is 11.7. The van der Waals surface area contributed by atoms with Gasteiger partial charge in [0.05, 0.1) is 6.61 Å². The molecule has 0 amide bonds. The summed E-state index contributed by atoms with van der Waals surface area (Å²) < 4.78 is 5.28. The van der Waals surface area contributed by atoms with Crippen LogP contribution in [0.25, 0.3) is 0 Å². The van der Waals surface area contributed by atoms with E-state index in [1.54, 1.807) is 6.92 Å². The maximum atomic E-state index is 11.4. The van der Waals surface area contributed by atoms with Gasteiger partial charge in [0.2, 0.25) is 0 Å². The Morgan fingerprint density at radius 1 is 0.955 bits per heavy atom. The van der Waals surface area contributed by atoms with Gasteiger partial charge in [-0.25, -0.2) is 4.79 Å². The van der Waals surface area contributed by atoms with Crippen molar-refractivity contribution < 1.29 is 9.53 Å². The van der Waals surface area contributed by atoms with Crippen molar-refractivity contribution in [3.05, 3.63) is 12.2 Å². The summed E-state index contributed by atoms with van der Waals surface area (Å²) in [5, 5.41) is 0. The summed E-state index contributed by atoms with van der Waals surface area (Å²) in [5.74, 6) is 1.27. The van der Waals surface area contributed by atoms with Crippen LogP contribution in [0.15, 0.2) is 12.2 Å². The minimum atomic E-state index is -0.231. The van der Waals surface area contributed by atoms with Crippen LogP contribution in [0.5, 0.6) is 0 Å². The third kappa shape index (κ3) is 8.60. The fourth-order valence-electron chi connectivity index (χ4n) is 3.39. The van der Waals surface area contributed by atoms with Gasteiger partial charge >= 0.3 is 5.97 Å². The highest BCUT2D eigenvalue weighted by molar-refractivity contribution is 5.86. The first-order valence-corrected chi connectivity index (χ1v) is 9.46. The molecule has 0 N–H and O–H groups in total. The van der Waals surface area contributed by atoms with Crippen molar-refractivity contribution in [1.82, 2.24) is 0 Å². The number of carbonyl (C=O) groups is 1. The van der Waals surface area contributed by atoms with Crippen LogP contribution in [-0.2, 0) is 9.53 Å². The number of hydrogen-bond acceptors (Lipinski definition) is 2. The molecule has 0 heterocycles. The van der Waals surface area contributed by atoms with Gasteiger partial charge in [-0.1, -0.05) is 77.7 Å². The number of carbonyl (C=O) groups excluding carboxylic acids is 1. The second-order valence-corrected chi connectivity index (χ2v) is 7.18. The van der Waals surface area contributed by atoms with Crippen LogP contribution in [0.3, 0.4) is 0 Å². The molecule has 0 atom stereocenters. The minimum absolute atomic E-state index is 0.231. The molecule has 0 aromatic heterocycles. The zero-order valence-electron chi connectivity index (χ0n) is 14.9. The standard InChI is InChI=1S/C20H36O2/c1-4-5-6-7-8-9-10-11-18-12-14-19(15-13-18)16-22-20(21)17(2)3/h18-19H,2,4-16H2,1,3H3. The van der Waals surface area contributed by atoms with Gasteiger partial charge in [-0.05, 0) is 31.6 Å². The number of unbranched alkanes of at least 4 members (excludes halogenated alkanes) is 6. The number of esters is 1. The maximum Gasteiger partial charge on any atom is 0.333 e. The number of ether oxygens (including phenoxy) is 1. The molecule has 0 bridgehead atoms. The van der Waals surface area contributed by atoms with Gasteiger partial charge < -0.3 is 4.74 Å². The molecule has 0 aromatic rings. The minimum Gasteiger partial charge on any atom is -0.462 e. The van der Waals surface area contributed by atoms with E-state index in [9.17, 15) is 4.79 Å². The van der Waals surface area contributed by atoms with E-state index in [0.29, 0.717) is 18.1 Å². The molecule has 1 aliphatic rings. The molecule has 1 saturated carbocycles. The van der Waals surface area contributed by atoms with Crippen molar-refractivity contribution in [3.8, 4) is 0 Å². The summed E-state index contributed by atoms with van der Waals surface area (Å²) in [6, 6.07) is 0. The van der Waals surface area contributed by atoms with Crippen LogP contribution >= 0.6 is 0 Å². The van der Waals surface area contributed by atoms with Crippen molar-refractivity contribution in [3.63, 3.8) is 0 Å². The van der Waals surface area contributed by atoms with Gasteiger partial charge in [0.25, 0.3) is 0 Å². The first-order chi connectivity index (χ1) is 10.6. The van der Waals surface area contributed by atoms with E-state index < -0.39 is 0 Å². The Labute approximate surface area is 137 Å². The van der Waals surface area contributed by atoms with Gasteiger partial charge in [-0.3, -0.25) is 0 Å². The van der Waals surface area contributed by atoms with E-state index >= 15 is 0 Å². The van der Waals surface area contributed by atoms with Gasteiger partial charge in [-0.2, -0.15) is 0 Å². The topological polar surface area (TPSA) is 26.3 Å². The normalized spacial score (nSPS) is 21.5. The van der Waals surface area contributed by atoms with Gasteiger partial charge in [0.1, 0.15) is 0 Å². The van der Waals surface area contributed by atoms with E-state index in [2.05, 4.69) is 13.5 Å². The lowest BCUT2D eigenvalue weighted by Gasteiger charge is -2.28. The third-order valence-electron chi connectivity index (χ3n) is 4.98. The summed E-state index contributed by atoms with van der Waals surface area (Å²) in [4.78, 5) is 11.4. The molecule has 22 heavy (non-hydrogen) atoms. The molecule has 2 nitrogen and oxygen atoms in total. The molecule has 0 spiro atoms. The van der Waals surface area contributed by atoms with Crippen molar-refractivity contribution in [2.45, 2.75) is 90.9 Å². The van der Waals surface area contributed by atoms with Gasteiger partial charge in [-0.15, -0.1) is 0 Å². The molecular formula is C20H36O2. The molecule has 1 rings (SSSR count). The molecule has 0 radical (unpaired) electrons. The Morgan fingerprint density at radius 2 is 1.50 bits per heavy atom. The maximum absolute atomic E-state index is 11.4. The third-order valence-corrected chi connectivity index (χ3v) is 4.98. The van der Waals surface area contributed by atoms with Crippen LogP contribution < -0.4 is 0 Å². The van der Waals surface area contributed by atoms with Gasteiger partial charge in [0, 0.05) is 5.57 Å². The molecule has 0 unspecified atom stereocenters. The summed E-state index contributed by atoms with van der Waals surface area (Å²) in [6.07, 6.45) is 16.3. The average molecular weight is 309 g/mol. The lowest BCUT2D eigenvalue weighted by atomic mass is 9.80. The zero-order valence-corrected chi connectivity index (χ0v) is 14.9. The van der Waals surface area contributed by atoms with Crippen molar-refractivity contribution in [1.29, 1.82) is 0 Å². The predicted octanol–water partition coefficient (Wildman–Crippen LogP) is 6.05. The molecule has 2 heteroatoms. The highest BCUT2D eigenvalue weighted by atomic mass is 16.5. The lowest BCUT2D eigenvalue weighted by Crippen LogP contribution is -2.20. The SMILES string of the molecule is C=C(C)C(=O)OCC1CCC(CCCCCCCCC)CC1. The summed E-state index contributed by atoms with van der Waals surface area (Å²) >= 11 is 0. The Kier molecular flexibility index (Phi) is 10.3. The van der Waals surface area contributed by atoms with Crippen LogP contribution in [0.4, 0.5) is 0 Å². The molecular weight excluding hydrogens is 272 g/mol. The Morgan fingerprint density at radius 3 is 2.09 bits per heavy atom. The zero-order chi connectivity index (χ0) is 16.2. The predicted molar refractivity (Wildman–Crippen MR) is 93.8 cm³/mol. The van der Waals surface area contributed by atoms with E-state index in [0.717, 1.165) is 5.92 Å². The monoisotopic (exact) mass is 308 g/mol. The van der Waals surface area contributed by atoms with E-state index in [-0.39, 0.29) is 5.97 Å². The van der Waals surface area contributed by atoms with Crippen molar-refractivity contribution in [2.75, 3.05) is 6.61 Å². The summed E-state index contributed by atoms with van der Waals surface area (Å²) in [7, 11) is 0. The first-order valence-electron chi connectivity index (χ1n) is 9.46. The fraction of sp³-hybridized carbons (Fsp3) is 0.850. The lowest BCUT2D eigenvalue weighted by molar-refractivity contribution is -0.140. The van der Waals surface area contributed by atoms with Crippen molar-refractivity contribution in [2.24, 2.45) is 11.8 Å². The summed E-state index contributed by atoms with van der Waals surface area (Å²) in [5.41, 5.74) is 0.507. The molecule has 0 aliphatic heterocycles. The van der Waals surface area contributed by atoms with Crippen molar-refractivity contribution >= 4 is 5.97 Å². The Hall–Kier alpha value is -0.790. The Bertz CT molecular complexity index is 314. The smallest absolute Gasteiger partial charge is 0.333 e. The van der Waals surface area contributed by atoms with Crippen LogP contribution in [0.2, 0.25) is 0 Å². The first kappa shape index (κ1) is 19.3. The molecule has 128 valence electrons. The average Bonchev–Trinajstić information content (AvgIpc) is 2.52. The fourth-order valence-corrected chi connectivity index (χ4v) is 3.39. The second-order valence-electron chi connectivity index (χ2n) is 7.18. The summed E-state index contributed by atoms with van der Waals surface area (Å²) in [6.45, 7) is 8.20. The van der Waals surface area contributed by atoms with E-state index in [1.807, 2.05) is 0 Å². The van der Waals surface area contributed by atoms with Crippen LogP contribution in [0, 0.1) is 11.8 Å². The molecule has 0 saturated heterocycles.